The minimum atomic E-state index is 0.346. The Morgan fingerprint density at radius 2 is 1.73 bits per heavy atom. The zero-order chi connectivity index (χ0) is 8.36. The van der Waals surface area contributed by atoms with Crippen LogP contribution in [0.15, 0.2) is 12.2 Å². The van der Waals surface area contributed by atoms with Crippen LogP contribution in [0.1, 0.15) is 45.4 Å². The molecule has 0 aliphatic rings. The second-order valence-corrected chi connectivity index (χ2v) is 2.83. The summed E-state index contributed by atoms with van der Waals surface area (Å²) in [5.74, 6) is 0. The summed E-state index contributed by atoms with van der Waals surface area (Å²) in [6.07, 6.45) is 11.5. The van der Waals surface area contributed by atoms with Gasteiger partial charge in [-0.15, -0.1) is 0 Å². The molecule has 1 heteroatoms. The minimum absolute atomic E-state index is 0.346. The van der Waals surface area contributed by atoms with E-state index in [1.54, 1.807) is 0 Å². The molecule has 0 aromatic rings. The molecule has 0 aliphatic carbocycles. The van der Waals surface area contributed by atoms with E-state index in [0.717, 1.165) is 12.8 Å². The first kappa shape index (κ1) is 10.7. The molecule has 0 spiro atoms. The van der Waals surface area contributed by atoms with Crippen LogP contribution in [-0.2, 0) is 0 Å². The Hall–Kier alpha value is -0.300. The number of unbranched alkanes of at least 4 members (excludes halogenated alkanes) is 4. The lowest BCUT2D eigenvalue weighted by Gasteiger charge is -1.93. The Morgan fingerprint density at radius 1 is 1.00 bits per heavy atom. The van der Waals surface area contributed by atoms with Gasteiger partial charge in [0.15, 0.2) is 0 Å². The van der Waals surface area contributed by atoms with Crippen molar-refractivity contribution >= 4 is 0 Å². The van der Waals surface area contributed by atoms with Gasteiger partial charge in [-0.2, -0.15) is 0 Å². The van der Waals surface area contributed by atoms with Crippen LogP contribution in [0.4, 0.5) is 0 Å². The fraction of sp³-hybridized carbons (Fsp3) is 0.800. The number of hydrogen-bond acceptors (Lipinski definition) is 1. The summed E-state index contributed by atoms with van der Waals surface area (Å²) < 4.78 is 0. The van der Waals surface area contributed by atoms with E-state index in [-0.39, 0.29) is 0 Å². The van der Waals surface area contributed by atoms with Gasteiger partial charge in [0.25, 0.3) is 0 Å². The van der Waals surface area contributed by atoms with Crippen molar-refractivity contribution in [2.24, 2.45) is 0 Å². The molecule has 1 N–H and O–H groups in total. The Kier molecular flexibility index (Phi) is 9.44. The van der Waals surface area contributed by atoms with Crippen LogP contribution in [0.3, 0.4) is 0 Å². The van der Waals surface area contributed by atoms with E-state index in [9.17, 15) is 0 Å². The van der Waals surface area contributed by atoms with Gasteiger partial charge in [-0.25, -0.2) is 0 Å². The van der Waals surface area contributed by atoms with Gasteiger partial charge in [0.2, 0.25) is 0 Å². The van der Waals surface area contributed by atoms with Crippen molar-refractivity contribution in [3.8, 4) is 0 Å². The normalized spacial score (nSPS) is 11.1. The van der Waals surface area contributed by atoms with Crippen LogP contribution in [0, 0.1) is 0 Å². The largest absolute Gasteiger partial charge is 0.396 e. The molecule has 0 amide bonds. The predicted octanol–water partition coefficient (Wildman–Crippen LogP) is 2.90. The van der Waals surface area contributed by atoms with Gasteiger partial charge in [0.05, 0.1) is 0 Å². The minimum Gasteiger partial charge on any atom is -0.396 e. The summed E-state index contributed by atoms with van der Waals surface area (Å²) in [6.45, 7) is 2.54. The van der Waals surface area contributed by atoms with E-state index in [1.165, 1.54) is 25.7 Å². The molecule has 11 heavy (non-hydrogen) atoms. The molecule has 0 atom stereocenters. The zero-order valence-corrected chi connectivity index (χ0v) is 7.55. The maximum Gasteiger partial charge on any atom is 0.0431 e. The van der Waals surface area contributed by atoms with E-state index in [4.69, 9.17) is 5.11 Å². The summed E-state index contributed by atoms with van der Waals surface area (Å²) in [5, 5.41) is 8.49. The van der Waals surface area contributed by atoms with Crippen LogP contribution in [0.25, 0.3) is 0 Å². The van der Waals surface area contributed by atoms with Gasteiger partial charge in [-0.3, -0.25) is 0 Å². The van der Waals surface area contributed by atoms with Crippen molar-refractivity contribution in [2.75, 3.05) is 6.61 Å². The summed E-state index contributed by atoms with van der Waals surface area (Å²) in [4.78, 5) is 0. The standard InChI is InChI=1S/C10H20O/c1-2-3-4-5-6-7-8-9-10-11/h4-5,11H,2-3,6-10H2,1H3/b5-4+. The highest BCUT2D eigenvalue weighted by Gasteiger charge is 1.83. The van der Waals surface area contributed by atoms with Gasteiger partial charge in [0.1, 0.15) is 0 Å². The van der Waals surface area contributed by atoms with Crippen molar-refractivity contribution in [3.63, 3.8) is 0 Å². The quantitative estimate of drug-likeness (QED) is 0.444. The third kappa shape index (κ3) is 9.70. The van der Waals surface area contributed by atoms with E-state index in [1.807, 2.05) is 0 Å². The van der Waals surface area contributed by atoms with Gasteiger partial charge in [-0.1, -0.05) is 31.9 Å². The zero-order valence-electron chi connectivity index (χ0n) is 7.55. The molecule has 0 fully saturated rings. The fourth-order valence-corrected chi connectivity index (χ4v) is 0.953. The Bertz CT molecular complexity index is 86.9. The Balaban J connectivity index is 2.89. The summed E-state index contributed by atoms with van der Waals surface area (Å²) in [7, 11) is 0. The van der Waals surface area contributed by atoms with Crippen molar-refractivity contribution in [2.45, 2.75) is 45.4 Å². The second-order valence-electron chi connectivity index (χ2n) is 2.83. The predicted molar refractivity (Wildman–Crippen MR) is 49.6 cm³/mol. The Morgan fingerprint density at radius 3 is 2.36 bits per heavy atom. The molecule has 0 heterocycles. The number of hydrogen-bond donors (Lipinski definition) is 1. The average molecular weight is 156 g/mol. The van der Waals surface area contributed by atoms with E-state index >= 15 is 0 Å². The van der Waals surface area contributed by atoms with E-state index in [2.05, 4.69) is 19.1 Å². The maximum atomic E-state index is 8.49. The van der Waals surface area contributed by atoms with E-state index < -0.39 is 0 Å². The summed E-state index contributed by atoms with van der Waals surface area (Å²) >= 11 is 0. The molecule has 0 saturated heterocycles. The molecule has 1 nitrogen and oxygen atoms in total. The lowest BCUT2D eigenvalue weighted by Crippen LogP contribution is -1.81. The molecular weight excluding hydrogens is 136 g/mol. The molecule has 0 aromatic heterocycles. The molecule has 0 bridgehead atoms. The lowest BCUT2D eigenvalue weighted by molar-refractivity contribution is 0.283. The number of rotatable bonds is 7. The van der Waals surface area contributed by atoms with Crippen molar-refractivity contribution in [1.82, 2.24) is 0 Å². The molecule has 0 unspecified atom stereocenters. The topological polar surface area (TPSA) is 20.2 Å². The SMILES string of the molecule is CCC/C=C/CCCCCO. The first-order chi connectivity index (χ1) is 5.41. The highest BCUT2D eigenvalue weighted by Crippen LogP contribution is 2.00. The van der Waals surface area contributed by atoms with Gasteiger partial charge in [-0.05, 0) is 25.7 Å². The summed E-state index contributed by atoms with van der Waals surface area (Å²) in [5.41, 5.74) is 0. The van der Waals surface area contributed by atoms with Gasteiger partial charge in [0, 0.05) is 6.61 Å². The molecule has 0 saturated carbocycles. The lowest BCUT2D eigenvalue weighted by atomic mass is 10.2. The molecular formula is C10H20O. The van der Waals surface area contributed by atoms with Crippen molar-refractivity contribution in [1.29, 1.82) is 0 Å². The molecule has 0 aromatic carbocycles. The first-order valence-electron chi connectivity index (χ1n) is 4.67. The van der Waals surface area contributed by atoms with Crippen molar-refractivity contribution in [3.05, 3.63) is 12.2 Å². The third-order valence-corrected chi connectivity index (χ3v) is 1.65. The van der Waals surface area contributed by atoms with Crippen LogP contribution in [0.5, 0.6) is 0 Å². The molecule has 0 radical (unpaired) electrons. The fourth-order valence-electron chi connectivity index (χ4n) is 0.953. The number of allylic oxidation sites excluding steroid dienone is 2. The second kappa shape index (κ2) is 9.70. The molecule has 0 aliphatic heterocycles. The maximum absolute atomic E-state index is 8.49. The monoisotopic (exact) mass is 156 g/mol. The van der Waals surface area contributed by atoms with Gasteiger partial charge >= 0.3 is 0 Å². The van der Waals surface area contributed by atoms with Gasteiger partial charge < -0.3 is 5.11 Å². The molecule has 0 rings (SSSR count). The smallest absolute Gasteiger partial charge is 0.0431 e. The Labute approximate surface area is 70.1 Å². The summed E-state index contributed by atoms with van der Waals surface area (Å²) in [6, 6.07) is 0. The highest BCUT2D eigenvalue weighted by atomic mass is 16.2. The van der Waals surface area contributed by atoms with Crippen LogP contribution >= 0.6 is 0 Å². The third-order valence-electron chi connectivity index (χ3n) is 1.65. The van der Waals surface area contributed by atoms with Crippen LogP contribution < -0.4 is 0 Å². The number of aliphatic hydroxyl groups excluding tert-OH is 1. The van der Waals surface area contributed by atoms with Crippen LogP contribution in [-0.4, -0.2) is 11.7 Å². The number of aliphatic hydroxyl groups is 1. The molecule has 66 valence electrons. The van der Waals surface area contributed by atoms with Crippen LogP contribution in [0.2, 0.25) is 0 Å². The first-order valence-corrected chi connectivity index (χ1v) is 4.67. The van der Waals surface area contributed by atoms with Crippen molar-refractivity contribution < 1.29 is 5.11 Å². The average Bonchev–Trinajstić information content (AvgIpc) is 2.03. The highest BCUT2D eigenvalue weighted by molar-refractivity contribution is 4.80. The van der Waals surface area contributed by atoms with E-state index in [0.29, 0.717) is 6.61 Å².